The van der Waals surface area contributed by atoms with E-state index in [9.17, 15) is 23.4 Å². The first kappa shape index (κ1) is 33.0. The van der Waals surface area contributed by atoms with E-state index in [1.807, 2.05) is 48.5 Å². The van der Waals surface area contributed by atoms with Gasteiger partial charge in [-0.15, -0.1) is 0 Å². The fourth-order valence-corrected chi connectivity index (χ4v) is 6.25. The molecule has 0 atom stereocenters. The van der Waals surface area contributed by atoms with Gasteiger partial charge in [-0.3, -0.25) is 4.55 Å². The van der Waals surface area contributed by atoms with Crippen LogP contribution in [0.2, 0.25) is 0 Å². The summed E-state index contributed by atoms with van der Waals surface area (Å²) in [6, 6.07) is 33.0. The Balaban J connectivity index is 0.000000246. The van der Waals surface area contributed by atoms with Gasteiger partial charge in [0, 0.05) is 28.8 Å². The molecule has 2 heterocycles. The van der Waals surface area contributed by atoms with Crippen LogP contribution < -0.4 is 63.9 Å². The zero-order valence-electron chi connectivity index (χ0n) is 26.3. The van der Waals surface area contributed by atoms with Crippen LogP contribution in [0.1, 0.15) is 29.9 Å². The second-order valence-corrected chi connectivity index (χ2v) is 11.7. The molecule has 0 amide bonds. The van der Waals surface area contributed by atoms with Crippen molar-refractivity contribution in [2.24, 2.45) is 0 Å². The summed E-state index contributed by atoms with van der Waals surface area (Å²) in [6.07, 6.45) is 0. The van der Waals surface area contributed by atoms with Gasteiger partial charge in [0.25, 0.3) is 10.1 Å². The molecule has 0 saturated heterocycles. The second kappa shape index (κ2) is 12.4. The minimum Gasteiger partial charge on any atom is -1.00 e. The van der Waals surface area contributed by atoms with Gasteiger partial charge in [0.15, 0.2) is 5.60 Å². The van der Waals surface area contributed by atoms with Crippen molar-refractivity contribution in [1.82, 2.24) is 0 Å². The smallest absolute Gasteiger partial charge is 1.00 e. The second-order valence-electron chi connectivity index (χ2n) is 10.3. The van der Waals surface area contributed by atoms with Gasteiger partial charge in [-0.1, -0.05) is 48.5 Å². The van der Waals surface area contributed by atoms with E-state index < -0.39 is 21.7 Å². The number of esters is 1. The van der Waals surface area contributed by atoms with E-state index >= 15 is 0 Å². The third kappa shape index (κ3) is 5.75. The van der Waals surface area contributed by atoms with Crippen LogP contribution in [-0.4, -0.2) is 29.2 Å². The number of hydrogen-bond acceptors (Lipinski definition) is 7. The Morgan fingerprint density at radius 1 is 0.600 bits per heavy atom. The maximum absolute atomic E-state index is 12.5. The summed E-state index contributed by atoms with van der Waals surface area (Å²) in [6.45, 7) is 0. The summed E-state index contributed by atoms with van der Waals surface area (Å²) in [5.41, 5.74) is 1.28. The molecular weight excluding hydrogens is 614 g/mol. The van der Waals surface area contributed by atoms with Crippen molar-refractivity contribution in [2.75, 3.05) is 0 Å². The van der Waals surface area contributed by atoms with Gasteiger partial charge in [-0.25, -0.2) is 4.79 Å². The molecule has 0 aromatic heterocycles. The summed E-state index contributed by atoms with van der Waals surface area (Å²) in [5.74, 6) is 0.408. The molecule has 0 aliphatic carbocycles. The minimum absolute atomic E-state index is 0. The van der Waals surface area contributed by atoms with Gasteiger partial charge in [-0.05, 0) is 76.1 Å². The van der Waals surface area contributed by atoms with E-state index in [0.717, 1.165) is 21.5 Å². The van der Waals surface area contributed by atoms with Crippen molar-refractivity contribution in [3.8, 4) is 23.0 Å². The standard InChI is InChI=1S/C20H12O5.C14H10O3S.2Na.2H/c21-11-5-7-15-17(9-11)24-18-10-12(22)6-8-16(18)20(15)14-4-2-1-3-13(14)19(23)25-20;15-18(16,17)14-6-5-12-7-10-3-1-2-4-11(10)8-13(12)9-14;;;;/h1-10,21-22H;1-9H,(H,15,16,17);;;;/q;;2*+1;2*-1. The SMILES string of the molecule is O=C1OC2(c3ccc(O)cc3Oc3cc(O)ccc32)c2ccccc21.O=S(=O)(O)c1ccc2cc3ccccc3cc2c1.[H-].[H-].[Na+].[Na+]. The van der Waals surface area contributed by atoms with Crippen molar-refractivity contribution in [3.05, 3.63) is 138 Å². The van der Waals surface area contributed by atoms with Gasteiger partial charge in [-0.2, -0.15) is 8.42 Å². The molecule has 6 aromatic rings. The van der Waals surface area contributed by atoms with Gasteiger partial charge in [0.1, 0.15) is 23.0 Å². The average molecular weight is 639 g/mol. The van der Waals surface area contributed by atoms with Gasteiger partial charge in [0.2, 0.25) is 0 Å². The molecule has 0 radical (unpaired) electrons. The van der Waals surface area contributed by atoms with Crippen LogP contribution in [0.5, 0.6) is 23.0 Å². The molecule has 0 bridgehead atoms. The van der Waals surface area contributed by atoms with Crippen LogP contribution >= 0.6 is 0 Å². The summed E-state index contributed by atoms with van der Waals surface area (Å²) in [5, 5.41) is 23.5. The van der Waals surface area contributed by atoms with Crippen LogP contribution in [0.4, 0.5) is 0 Å². The number of carbonyl (C=O) groups excluding carboxylic acids is 1. The van der Waals surface area contributed by atoms with E-state index in [2.05, 4.69) is 0 Å². The number of carbonyl (C=O) groups is 1. The average Bonchev–Trinajstić information content (AvgIpc) is 3.28. The molecule has 0 saturated carbocycles. The third-order valence-electron chi connectivity index (χ3n) is 7.66. The summed E-state index contributed by atoms with van der Waals surface area (Å²) in [7, 11) is -4.15. The Bertz CT molecular complexity index is 2190. The van der Waals surface area contributed by atoms with Crippen molar-refractivity contribution in [2.45, 2.75) is 10.5 Å². The minimum atomic E-state index is -4.15. The number of aromatic hydroxyl groups is 2. The maximum Gasteiger partial charge on any atom is 1.00 e. The molecule has 216 valence electrons. The number of benzene rings is 6. The molecule has 2 aliphatic rings. The van der Waals surface area contributed by atoms with Gasteiger partial charge < -0.3 is 22.5 Å². The monoisotopic (exact) mass is 638 g/mol. The molecule has 1 spiro atoms. The fourth-order valence-electron chi connectivity index (χ4n) is 5.73. The first-order valence-corrected chi connectivity index (χ1v) is 14.7. The van der Waals surface area contributed by atoms with Gasteiger partial charge in [0.05, 0.1) is 10.5 Å². The Morgan fingerprint density at radius 3 is 1.73 bits per heavy atom. The van der Waals surface area contributed by atoms with E-state index in [1.54, 1.807) is 30.3 Å². The fraction of sp³-hybridized carbons (Fsp3) is 0.0294. The van der Waals surface area contributed by atoms with E-state index in [0.29, 0.717) is 33.8 Å². The summed E-state index contributed by atoms with van der Waals surface area (Å²) < 4.78 is 43.0. The zero-order valence-corrected chi connectivity index (χ0v) is 29.1. The molecule has 11 heteroatoms. The third-order valence-corrected chi connectivity index (χ3v) is 8.50. The predicted molar refractivity (Wildman–Crippen MR) is 162 cm³/mol. The summed E-state index contributed by atoms with van der Waals surface area (Å²) in [4.78, 5) is 12.5. The molecule has 2 aliphatic heterocycles. The molecular formula is C34H24Na2O8S. The number of rotatable bonds is 1. The summed E-state index contributed by atoms with van der Waals surface area (Å²) >= 11 is 0. The largest absolute Gasteiger partial charge is 1.00 e. The normalized spacial score (nSPS) is 13.6. The van der Waals surface area contributed by atoms with E-state index in [1.165, 1.54) is 36.4 Å². The number of fused-ring (bicyclic) bond motifs is 8. The number of phenolic OH excluding ortho intramolecular Hbond substituents is 2. The molecule has 3 N–H and O–H groups in total. The van der Waals surface area contributed by atoms with E-state index in [-0.39, 0.29) is 78.4 Å². The molecule has 8 rings (SSSR count). The van der Waals surface area contributed by atoms with Crippen LogP contribution in [0.15, 0.2) is 120 Å². The molecule has 6 aromatic carbocycles. The molecule has 45 heavy (non-hydrogen) atoms. The van der Waals surface area contributed by atoms with Crippen LogP contribution in [0, 0.1) is 0 Å². The van der Waals surface area contributed by atoms with Crippen LogP contribution in [0.3, 0.4) is 0 Å². The Morgan fingerprint density at radius 2 is 1.13 bits per heavy atom. The molecule has 0 unspecified atom stereocenters. The van der Waals surface area contributed by atoms with Crippen molar-refractivity contribution < 1.29 is 99.4 Å². The Labute approximate surface area is 305 Å². The first-order chi connectivity index (χ1) is 20.6. The molecule has 8 nitrogen and oxygen atoms in total. The first-order valence-electron chi connectivity index (χ1n) is 13.2. The predicted octanol–water partition coefficient (Wildman–Crippen LogP) is 1.14. The van der Waals surface area contributed by atoms with Crippen molar-refractivity contribution >= 4 is 37.6 Å². The maximum atomic E-state index is 12.5. The number of hydrogen-bond donors (Lipinski definition) is 3. The van der Waals surface area contributed by atoms with Crippen molar-refractivity contribution in [1.29, 1.82) is 0 Å². The zero-order chi connectivity index (χ0) is 29.9. The van der Waals surface area contributed by atoms with Gasteiger partial charge >= 0.3 is 65.1 Å². The number of phenols is 2. The Hall–Kier alpha value is -3.38. The number of ether oxygens (including phenoxy) is 2. The van der Waals surface area contributed by atoms with Crippen LogP contribution in [0.25, 0.3) is 21.5 Å². The quantitative estimate of drug-likeness (QED) is 0.106. The van der Waals surface area contributed by atoms with Crippen LogP contribution in [-0.2, 0) is 20.5 Å². The molecule has 0 fully saturated rings. The van der Waals surface area contributed by atoms with Crippen molar-refractivity contribution in [3.63, 3.8) is 0 Å². The Kier molecular flexibility index (Phi) is 9.12. The topological polar surface area (TPSA) is 130 Å². The van der Waals surface area contributed by atoms with E-state index in [4.69, 9.17) is 14.0 Å².